The van der Waals surface area contributed by atoms with Gasteiger partial charge in [-0.1, -0.05) is 38.5 Å². The maximum absolute atomic E-state index is 13.5. The van der Waals surface area contributed by atoms with Crippen LogP contribution in [0.4, 0.5) is 0 Å². The normalized spacial score (nSPS) is 13.7. The lowest BCUT2D eigenvalue weighted by Crippen LogP contribution is -2.34. The SMILES string of the molecule is CC[C@H](C)[C@H](NC(=O)CC(c1ccc(O)c(OC)c1)c1oc(C)cc(=O)c1O)c1nc2ccccc2[nH]1. The lowest BCUT2D eigenvalue weighted by Gasteiger charge is -2.24. The van der Waals surface area contributed by atoms with Gasteiger partial charge in [-0.25, -0.2) is 4.98 Å². The molecule has 37 heavy (non-hydrogen) atoms. The van der Waals surface area contributed by atoms with Gasteiger partial charge in [0.25, 0.3) is 0 Å². The number of nitrogens with one attached hydrogen (secondary N) is 2. The number of hydrogen-bond acceptors (Lipinski definition) is 7. The van der Waals surface area contributed by atoms with E-state index in [-0.39, 0.29) is 35.5 Å². The number of imidazole rings is 1. The number of nitrogens with zero attached hydrogens (tertiary/aromatic N) is 1. The van der Waals surface area contributed by atoms with Gasteiger partial charge in [-0.3, -0.25) is 9.59 Å². The molecule has 2 heterocycles. The third-order valence-electron chi connectivity index (χ3n) is 6.62. The fourth-order valence-electron chi connectivity index (χ4n) is 4.39. The van der Waals surface area contributed by atoms with E-state index in [1.165, 1.54) is 19.2 Å². The minimum absolute atomic E-state index is 0.0308. The summed E-state index contributed by atoms with van der Waals surface area (Å²) in [7, 11) is 1.41. The second-order valence-corrected chi connectivity index (χ2v) is 9.19. The van der Waals surface area contributed by atoms with Crippen molar-refractivity contribution in [1.82, 2.24) is 15.3 Å². The molecule has 0 saturated heterocycles. The predicted octanol–water partition coefficient (Wildman–Crippen LogP) is 4.67. The van der Waals surface area contributed by atoms with Crippen molar-refractivity contribution in [3.63, 3.8) is 0 Å². The number of aryl methyl sites for hydroxylation is 1. The molecule has 0 bridgehead atoms. The molecule has 3 atom stereocenters. The highest BCUT2D eigenvalue weighted by Gasteiger charge is 2.29. The number of amides is 1. The van der Waals surface area contributed by atoms with E-state index >= 15 is 0 Å². The van der Waals surface area contributed by atoms with Gasteiger partial charge in [-0.05, 0) is 42.7 Å². The van der Waals surface area contributed by atoms with Gasteiger partial charge in [0.05, 0.1) is 30.1 Å². The number of para-hydroxylation sites is 2. The largest absolute Gasteiger partial charge is 0.504 e. The molecular weight excluding hydrogens is 474 g/mol. The van der Waals surface area contributed by atoms with Gasteiger partial charge in [0.1, 0.15) is 11.6 Å². The van der Waals surface area contributed by atoms with Crippen LogP contribution in [0.25, 0.3) is 11.0 Å². The Bertz CT molecular complexity index is 1440. The standard InChI is InChI=1S/C28H31N3O6/c1-5-15(2)25(28-29-19-8-6-7-9-20(19)30-28)31-24(34)14-18(17-10-11-21(32)23(13-17)36-4)27-26(35)22(33)12-16(3)37-27/h6-13,15,18,25,32,35H,5,14H2,1-4H3,(H,29,30)(H,31,34)/t15-,18?,25-/m0/s1. The molecular formula is C28H31N3O6. The van der Waals surface area contributed by atoms with E-state index in [1.54, 1.807) is 19.1 Å². The molecule has 0 aliphatic rings. The number of ether oxygens (including phenoxy) is 1. The van der Waals surface area contributed by atoms with Crippen LogP contribution in [0.2, 0.25) is 0 Å². The van der Waals surface area contributed by atoms with Crippen LogP contribution in [0.5, 0.6) is 17.2 Å². The Labute approximate surface area is 214 Å². The molecule has 0 radical (unpaired) electrons. The molecule has 2 aromatic carbocycles. The summed E-state index contributed by atoms with van der Waals surface area (Å²) in [6, 6.07) is 13.0. The summed E-state index contributed by atoms with van der Waals surface area (Å²) in [5.74, 6) is -0.611. The number of methoxy groups -OCH3 is 1. The first-order valence-electron chi connectivity index (χ1n) is 12.2. The summed E-state index contributed by atoms with van der Waals surface area (Å²) >= 11 is 0. The number of phenols is 1. The van der Waals surface area contributed by atoms with Gasteiger partial charge in [0, 0.05) is 12.5 Å². The number of phenolic OH excluding ortho intramolecular Hbond substituents is 1. The Hall–Kier alpha value is -4.27. The molecule has 1 unspecified atom stereocenters. The number of aromatic nitrogens is 2. The number of carbonyl (C=O) groups is 1. The molecule has 9 heteroatoms. The molecule has 4 rings (SSSR count). The molecule has 4 N–H and O–H groups in total. The Morgan fingerprint density at radius 3 is 2.65 bits per heavy atom. The van der Waals surface area contributed by atoms with Gasteiger partial charge in [-0.15, -0.1) is 0 Å². The summed E-state index contributed by atoms with van der Waals surface area (Å²) in [6.45, 7) is 5.67. The Morgan fingerprint density at radius 1 is 1.19 bits per heavy atom. The van der Waals surface area contributed by atoms with Crippen LogP contribution in [0.1, 0.15) is 61.6 Å². The van der Waals surface area contributed by atoms with E-state index in [9.17, 15) is 19.8 Å². The molecule has 0 aliphatic carbocycles. The van der Waals surface area contributed by atoms with Gasteiger partial charge in [0.2, 0.25) is 17.1 Å². The molecule has 0 saturated carbocycles. The van der Waals surface area contributed by atoms with Gasteiger partial charge in [-0.2, -0.15) is 0 Å². The first-order valence-corrected chi connectivity index (χ1v) is 12.2. The van der Waals surface area contributed by atoms with Crippen LogP contribution < -0.4 is 15.5 Å². The molecule has 0 aliphatic heterocycles. The van der Waals surface area contributed by atoms with Crippen molar-refractivity contribution < 1.29 is 24.2 Å². The van der Waals surface area contributed by atoms with Crippen molar-refractivity contribution in [1.29, 1.82) is 0 Å². The second kappa shape index (κ2) is 10.8. The van der Waals surface area contributed by atoms with E-state index in [0.29, 0.717) is 17.1 Å². The fourth-order valence-corrected chi connectivity index (χ4v) is 4.39. The minimum atomic E-state index is -0.824. The molecule has 1 amide bonds. The lowest BCUT2D eigenvalue weighted by atomic mass is 9.90. The first kappa shape index (κ1) is 25.8. The van der Waals surface area contributed by atoms with Gasteiger partial charge in [0.15, 0.2) is 17.3 Å². The van der Waals surface area contributed by atoms with Crippen molar-refractivity contribution in [3.8, 4) is 17.2 Å². The highest BCUT2D eigenvalue weighted by atomic mass is 16.5. The van der Waals surface area contributed by atoms with Crippen LogP contribution in [0, 0.1) is 12.8 Å². The van der Waals surface area contributed by atoms with Crippen molar-refractivity contribution in [3.05, 3.63) is 81.7 Å². The van der Waals surface area contributed by atoms with E-state index in [1.807, 2.05) is 38.1 Å². The van der Waals surface area contributed by atoms with E-state index in [4.69, 9.17) is 9.15 Å². The number of carbonyl (C=O) groups excluding carboxylic acids is 1. The Balaban J connectivity index is 1.70. The van der Waals surface area contributed by atoms with Crippen LogP contribution in [0.15, 0.2) is 57.7 Å². The summed E-state index contributed by atoms with van der Waals surface area (Å²) in [4.78, 5) is 33.8. The quantitative estimate of drug-likeness (QED) is 0.259. The summed E-state index contributed by atoms with van der Waals surface area (Å²) < 4.78 is 11.0. The third-order valence-corrected chi connectivity index (χ3v) is 6.62. The number of H-pyrrole nitrogens is 1. The molecule has 9 nitrogen and oxygen atoms in total. The van der Waals surface area contributed by atoms with Crippen LogP contribution in [0.3, 0.4) is 0 Å². The summed E-state index contributed by atoms with van der Waals surface area (Å²) in [6.07, 6.45) is 0.662. The monoisotopic (exact) mass is 505 g/mol. The average Bonchev–Trinajstić information content (AvgIpc) is 3.32. The molecule has 2 aromatic heterocycles. The number of hydrogen-bond donors (Lipinski definition) is 4. The maximum Gasteiger partial charge on any atom is 0.227 e. The van der Waals surface area contributed by atoms with Crippen molar-refractivity contribution in [2.45, 2.75) is 45.6 Å². The van der Waals surface area contributed by atoms with Gasteiger partial charge >= 0.3 is 0 Å². The zero-order chi connectivity index (χ0) is 26.7. The minimum Gasteiger partial charge on any atom is -0.504 e. The molecule has 4 aromatic rings. The first-order chi connectivity index (χ1) is 17.7. The van der Waals surface area contributed by atoms with Crippen molar-refractivity contribution >= 4 is 16.9 Å². The zero-order valence-electron chi connectivity index (χ0n) is 21.2. The highest BCUT2D eigenvalue weighted by molar-refractivity contribution is 5.79. The molecule has 194 valence electrons. The number of aromatic hydroxyl groups is 2. The van der Waals surface area contributed by atoms with E-state index < -0.39 is 23.1 Å². The van der Waals surface area contributed by atoms with Crippen molar-refractivity contribution in [2.24, 2.45) is 5.92 Å². The van der Waals surface area contributed by atoms with Crippen LogP contribution >= 0.6 is 0 Å². The molecule has 0 spiro atoms. The number of benzene rings is 2. The maximum atomic E-state index is 13.5. The zero-order valence-corrected chi connectivity index (χ0v) is 21.2. The molecule has 0 fully saturated rings. The second-order valence-electron chi connectivity index (χ2n) is 9.19. The lowest BCUT2D eigenvalue weighted by molar-refractivity contribution is -0.122. The smallest absolute Gasteiger partial charge is 0.227 e. The van der Waals surface area contributed by atoms with E-state index in [2.05, 4.69) is 15.3 Å². The highest BCUT2D eigenvalue weighted by Crippen LogP contribution is 2.37. The number of rotatable bonds is 9. The summed E-state index contributed by atoms with van der Waals surface area (Å²) in [5.41, 5.74) is 1.61. The fraction of sp³-hybridized carbons (Fsp3) is 0.321. The van der Waals surface area contributed by atoms with Crippen LogP contribution in [-0.2, 0) is 4.79 Å². The Morgan fingerprint density at radius 2 is 1.95 bits per heavy atom. The van der Waals surface area contributed by atoms with Gasteiger partial charge < -0.3 is 29.7 Å². The third kappa shape index (κ3) is 5.45. The van der Waals surface area contributed by atoms with E-state index in [0.717, 1.165) is 17.5 Å². The van der Waals surface area contributed by atoms with Crippen molar-refractivity contribution in [2.75, 3.05) is 7.11 Å². The number of fused-ring (bicyclic) bond motifs is 1. The number of aromatic amines is 1. The average molecular weight is 506 g/mol. The predicted molar refractivity (Wildman–Crippen MR) is 139 cm³/mol. The topological polar surface area (TPSA) is 138 Å². The Kier molecular flexibility index (Phi) is 7.52. The van der Waals surface area contributed by atoms with Crippen LogP contribution in [-0.4, -0.2) is 33.2 Å². The summed E-state index contributed by atoms with van der Waals surface area (Å²) in [5, 5.41) is 23.7.